The first-order valence-electron chi connectivity index (χ1n) is 5.81. The quantitative estimate of drug-likeness (QED) is 0.611. The number of rotatable bonds is 5. The molecule has 0 bridgehead atoms. The first-order chi connectivity index (χ1) is 9.42. The van der Waals surface area contributed by atoms with Gasteiger partial charge in [0.1, 0.15) is 4.88 Å². The lowest BCUT2D eigenvalue weighted by Gasteiger charge is -2.12. The minimum absolute atomic E-state index is 0.130. The highest BCUT2D eigenvalue weighted by atomic mass is 32.1. The number of esters is 2. The number of methoxy groups -OCH3 is 1. The van der Waals surface area contributed by atoms with Crippen LogP contribution in [0, 0.1) is 6.92 Å². The third-order valence-electron chi connectivity index (χ3n) is 2.42. The summed E-state index contributed by atoms with van der Waals surface area (Å²) >= 11 is 1.13. The van der Waals surface area contributed by atoms with Crippen molar-refractivity contribution in [3.8, 4) is 0 Å². The van der Waals surface area contributed by atoms with Crippen LogP contribution in [0.4, 0.5) is 5.69 Å². The number of amides is 1. The van der Waals surface area contributed by atoms with Crippen LogP contribution in [0.15, 0.2) is 5.38 Å². The SMILES string of the molecule is CCOC(=O)C(N)C(=O)Nc1c(C)csc1C(=O)OC. The number of ether oxygens (including phenoxy) is 2. The van der Waals surface area contributed by atoms with Gasteiger partial charge in [0.25, 0.3) is 5.91 Å². The highest BCUT2D eigenvalue weighted by Gasteiger charge is 2.26. The van der Waals surface area contributed by atoms with Crippen molar-refractivity contribution in [2.45, 2.75) is 19.9 Å². The van der Waals surface area contributed by atoms with Gasteiger partial charge in [0, 0.05) is 0 Å². The van der Waals surface area contributed by atoms with Crippen LogP contribution < -0.4 is 11.1 Å². The fourth-order valence-corrected chi connectivity index (χ4v) is 2.30. The molecule has 0 saturated carbocycles. The highest BCUT2D eigenvalue weighted by molar-refractivity contribution is 7.12. The van der Waals surface area contributed by atoms with E-state index in [0.717, 1.165) is 11.3 Å². The number of nitrogens with two attached hydrogens (primary N) is 1. The van der Waals surface area contributed by atoms with Crippen molar-refractivity contribution in [3.63, 3.8) is 0 Å². The van der Waals surface area contributed by atoms with Crippen LogP contribution in [0.2, 0.25) is 0 Å². The molecule has 7 nitrogen and oxygen atoms in total. The van der Waals surface area contributed by atoms with Gasteiger partial charge >= 0.3 is 11.9 Å². The second-order valence-electron chi connectivity index (χ2n) is 3.83. The Balaban J connectivity index is 2.88. The van der Waals surface area contributed by atoms with E-state index in [1.54, 1.807) is 19.2 Å². The number of anilines is 1. The second kappa shape index (κ2) is 7.01. The molecule has 8 heteroatoms. The van der Waals surface area contributed by atoms with Crippen LogP contribution in [-0.2, 0) is 19.1 Å². The zero-order valence-electron chi connectivity index (χ0n) is 11.4. The largest absolute Gasteiger partial charge is 0.465 e. The Labute approximate surface area is 120 Å². The van der Waals surface area contributed by atoms with Gasteiger partial charge in [-0.2, -0.15) is 0 Å². The molecule has 0 aliphatic heterocycles. The van der Waals surface area contributed by atoms with Crippen molar-refractivity contribution in [3.05, 3.63) is 15.8 Å². The number of aryl methyl sites for hydroxylation is 1. The Morgan fingerprint density at radius 1 is 1.45 bits per heavy atom. The average molecular weight is 300 g/mol. The zero-order chi connectivity index (χ0) is 15.3. The van der Waals surface area contributed by atoms with E-state index in [1.165, 1.54) is 7.11 Å². The summed E-state index contributed by atoms with van der Waals surface area (Å²) in [6, 6.07) is -1.44. The van der Waals surface area contributed by atoms with Gasteiger partial charge in [-0.05, 0) is 24.8 Å². The smallest absolute Gasteiger partial charge is 0.350 e. The van der Waals surface area contributed by atoms with Crippen LogP contribution >= 0.6 is 11.3 Å². The fraction of sp³-hybridized carbons (Fsp3) is 0.417. The van der Waals surface area contributed by atoms with Gasteiger partial charge < -0.3 is 20.5 Å². The molecule has 0 radical (unpaired) electrons. The standard InChI is InChI=1S/C12H16N2O5S/c1-4-19-11(16)7(13)10(15)14-8-6(2)5-20-9(8)12(17)18-3/h5,7H,4,13H2,1-3H3,(H,14,15). The fourth-order valence-electron chi connectivity index (χ4n) is 1.38. The van der Waals surface area contributed by atoms with Crippen molar-refractivity contribution in [1.29, 1.82) is 0 Å². The molecule has 3 N–H and O–H groups in total. The molecular formula is C12H16N2O5S. The van der Waals surface area contributed by atoms with Gasteiger partial charge in [-0.1, -0.05) is 0 Å². The summed E-state index contributed by atoms with van der Waals surface area (Å²) in [7, 11) is 1.24. The van der Waals surface area contributed by atoms with Crippen LogP contribution in [0.1, 0.15) is 22.2 Å². The first-order valence-corrected chi connectivity index (χ1v) is 6.69. The minimum Gasteiger partial charge on any atom is -0.465 e. The molecule has 110 valence electrons. The normalized spacial score (nSPS) is 11.6. The number of carbonyl (C=O) groups is 3. The molecule has 1 aromatic heterocycles. The van der Waals surface area contributed by atoms with Crippen LogP contribution in [-0.4, -0.2) is 37.6 Å². The van der Waals surface area contributed by atoms with Crippen molar-refractivity contribution in [2.24, 2.45) is 5.73 Å². The maximum Gasteiger partial charge on any atom is 0.350 e. The van der Waals surface area contributed by atoms with E-state index in [9.17, 15) is 14.4 Å². The van der Waals surface area contributed by atoms with Gasteiger partial charge in [-0.25, -0.2) is 9.59 Å². The van der Waals surface area contributed by atoms with Crippen molar-refractivity contribution < 1.29 is 23.9 Å². The molecular weight excluding hydrogens is 284 g/mol. The molecule has 0 fully saturated rings. The zero-order valence-corrected chi connectivity index (χ0v) is 12.2. The van der Waals surface area contributed by atoms with Gasteiger partial charge in [0.05, 0.1) is 19.4 Å². The third-order valence-corrected chi connectivity index (χ3v) is 3.49. The topological polar surface area (TPSA) is 108 Å². The summed E-state index contributed by atoms with van der Waals surface area (Å²) in [5, 5.41) is 4.15. The molecule has 1 unspecified atom stereocenters. The van der Waals surface area contributed by atoms with Gasteiger partial charge in [0.15, 0.2) is 6.04 Å². The monoisotopic (exact) mass is 300 g/mol. The van der Waals surface area contributed by atoms with Crippen LogP contribution in [0.25, 0.3) is 0 Å². The number of hydrogen-bond donors (Lipinski definition) is 2. The first kappa shape index (κ1) is 16.1. The number of thiophene rings is 1. The van der Waals surface area contributed by atoms with E-state index in [-0.39, 0.29) is 11.5 Å². The Morgan fingerprint density at radius 2 is 2.10 bits per heavy atom. The van der Waals surface area contributed by atoms with Gasteiger partial charge in [-0.3, -0.25) is 4.79 Å². The predicted molar refractivity (Wildman–Crippen MR) is 73.6 cm³/mol. The molecule has 1 heterocycles. The van der Waals surface area contributed by atoms with Crippen molar-refractivity contribution >= 4 is 34.9 Å². The molecule has 1 amide bonds. The third kappa shape index (κ3) is 3.55. The van der Waals surface area contributed by atoms with E-state index >= 15 is 0 Å². The van der Waals surface area contributed by atoms with Crippen molar-refractivity contribution in [2.75, 3.05) is 19.0 Å². The Morgan fingerprint density at radius 3 is 2.65 bits per heavy atom. The van der Waals surface area contributed by atoms with E-state index in [2.05, 4.69) is 14.8 Å². The minimum atomic E-state index is -1.44. The molecule has 1 rings (SSSR count). The summed E-state index contributed by atoms with van der Waals surface area (Å²) in [6.07, 6.45) is 0. The van der Waals surface area contributed by atoms with E-state index in [0.29, 0.717) is 11.3 Å². The van der Waals surface area contributed by atoms with Gasteiger partial charge in [-0.15, -0.1) is 11.3 Å². The second-order valence-corrected chi connectivity index (χ2v) is 4.71. The molecule has 1 atom stereocenters. The summed E-state index contributed by atoms with van der Waals surface area (Å²) in [4.78, 5) is 35.0. The maximum absolute atomic E-state index is 11.9. The van der Waals surface area contributed by atoms with Crippen LogP contribution in [0.3, 0.4) is 0 Å². The number of hydrogen-bond acceptors (Lipinski definition) is 7. The molecule has 0 aliphatic rings. The average Bonchev–Trinajstić information content (AvgIpc) is 2.78. The van der Waals surface area contributed by atoms with Gasteiger partial charge in [0.2, 0.25) is 0 Å². The highest BCUT2D eigenvalue weighted by Crippen LogP contribution is 2.28. The molecule has 20 heavy (non-hydrogen) atoms. The molecule has 0 saturated heterocycles. The summed E-state index contributed by atoms with van der Waals surface area (Å²) in [5.41, 5.74) is 6.45. The predicted octanol–water partition coefficient (Wildman–Crippen LogP) is 0.672. The molecule has 0 aromatic carbocycles. The molecule has 1 aromatic rings. The Hall–Kier alpha value is -1.93. The lowest BCUT2D eigenvalue weighted by molar-refractivity contribution is -0.146. The lowest BCUT2D eigenvalue weighted by Crippen LogP contribution is -2.43. The summed E-state index contributed by atoms with van der Waals surface area (Å²) in [5.74, 6) is -2.13. The van der Waals surface area contributed by atoms with Crippen molar-refractivity contribution in [1.82, 2.24) is 0 Å². The molecule has 0 spiro atoms. The lowest BCUT2D eigenvalue weighted by atomic mass is 10.2. The number of carbonyl (C=O) groups excluding carboxylic acids is 3. The van der Waals surface area contributed by atoms with E-state index < -0.39 is 23.9 Å². The Bertz CT molecular complexity index is 526. The van der Waals surface area contributed by atoms with E-state index in [4.69, 9.17) is 5.73 Å². The summed E-state index contributed by atoms with van der Waals surface area (Å²) < 4.78 is 9.27. The number of nitrogens with one attached hydrogen (secondary N) is 1. The molecule has 0 aliphatic carbocycles. The Kier molecular flexibility index (Phi) is 5.66. The van der Waals surface area contributed by atoms with E-state index in [1.807, 2.05) is 0 Å². The van der Waals surface area contributed by atoms with Crippen LogP contribution in [0.5, 0.6) is 0 Å². The maximum atomic E-state index is 11.9. The summed E-state index contributed by atoms with van der Waals surface area (Å²) in [6.45, 7) is 3.46.